The zero-order chi connectivity index (χ0) is 13.3. The predicted octanol–water partition coefficient (Wildman–Crippen LogP) is 3.04. The predicted molar refractivity (Wildman–Crippen MR) is 72.6 cm³/mol. The van der Waals surface area contributed by atoms with E-state index in [4.69, 9.17) is 5.73 Å². The van der Waals surface area contributed by atoms with Crippen molar-refractivity contribution in [3.63, 3.8) is 0 Å². The number of rotatable bonds is 3. The lowest BCUT2D eigenvalue weighted by Gasteiger charge is -2.05. The van der Waals surface area contributed by atoms with Gasteiger partial charge in [-0.1, -0.05) is 38.6 Å². The molecule has 0 amide bonds. The van der Waals surface area contributed by atoms with Crippen molar-refractivity contribution in [3.8, 4) is 0 Å². The molecule has 0 aliphatic heterocycles. The zero-order valence-electron chi connectivity index (χ0n) is 10.8. The summed E-state index contributed by atoms with van der Waals surface area (Å²) in [5, 5.41) is 0. The second-order valence-electron chi connectivity index (χ2n) is 3.41. The van der Waals surface area contributed by atoms with E-state index in [-0.39, 0.29) is 5.97 Å². The number of benzene rings is 1. The number of hydrogen-bond donors (Lipinski definition) is 1. The molecule has 1 rings (SSSR count). The topological polar surface area (TPSA) is 52.3 Å². The van der Waals surface area contributed by atoms with E-state index < -0.39 is 0 Å². The molecule has 0 heterocycles. The lowest BCUT2D eigenvalue weighted by atomic mass is 10.0. The van der Waals surface area contributed by atoms with Crippen LogP contribution in [0.2, 0.25) is 0 Å². The van der Waals surface area contributed by atoms with Crippen LogP contribution >= 0.6 is 0 Å². The number of nitrogens with two attached hydrogens (primary N) is 1. The third kappa shape index (κ3) is 5.20. The molecule has 94 valence electrons. The van der Waals surface area contributed by atoms with Gasteiger partial charge in [-0.25, -0.2) is 0 Å². The third-order valence-electron chi connectivity index (χ3n) is 2.33. The Morgan fingerprint density at radius 2 is 2.12 bits per heavy atom. The standard InChI is InChI=1S/C10H13N.C4H8O2/c1-3-8-6-5-7-10(11)9(8)4-2;1-3-4(5)6-2/h4-7H,2-3,11H2,1H3;3H2,1-2H3. The minimum Gasteiger partial charge on any atom is -0.469 e. The van der Waals surface area contributed by atoms with Gasteiger partial charge in [0.1, 0.15) is 0 Å². The van der Waals surface area contributed by atoms with Crippen molar-refractivity contribution >= 4 is 17.7 Å². The number of aryl methyl sites for hydroxylation is 1. The molecule has 0 aliphatic rings. The molecular formula is C14H21NO2. The monoisotopic (exact) mass is 235 g/mol. The van der Waals surface area contributed by atoms with Crippen LogP contribution in [0.3, 0.4) is 0 Å². The molecule has 0 spiro atoms. The molecule has 0 saturated carbocycles. The zero-order valence-corrected chi connectivity index (χ0v) is 10.8. The van der Waals surface area contributed by atoms with Gasteiger partial charge in [-0.2, -0.15) is 0 Å². The Kier molecular flexibility index (Phi) is 7.52. The number of hydrogen-bond acceptors (Lipinski definition) is 3. The quantitative estimate of drug-likeness (QED) is 0.647. The van der Waals surface area contributed by atoms with Crippen molar-refractivity contribution < 1.29 is 9.53 Å². The molecule has 3 heteroatoms. The van der Waals surface area contributed by atoms with Crippen molar-refractivity contribution in [1.29, 1.82) is 0 Å². The largest absolute Gasteiger partial charge is 0.469 e. The molecule has 3 nitrogen and oxygen atoms in total. The average Bonchev–Trinajstić information content (AvgIpc) is 2.38. The van der Waals surface area contributed by atoms with Crippen LogP contribution in [0.4, 0.5) is 5.69 Å². The second-order valence-corrected chi connectivity index (χ2v) is 3.41. The van der Waals surface area contributed by atoms with E-state index in [9.17, 15) is 4.79 Å². The Morgan fingerprint density at radius 3 is 2.41 bits per heavy atom. The molecule has 0 unspecified atom stereocenters. The Bertz CT molecular complexity index is 366. The van der Waals surface area contributed by atoms with Gasteiger partial charge in [0.05, 0.1) is 7.11 Å². The Labute approximate surface area is 103 Å². The van der Waals surface area contributed by atoms with Gasteiger partial charge >= 0.3 is 5.97 Å². The first-order chi connectivity index (χ1) is 8.10. The van der Waals surface area contributed by atoms with E-state index in [1.165, 1.54) is 12.7 Å². The van der Waals surface area contributed by atoms with E-state index in [1.807, 2.05) is 18.2 Å². The van der Waals surface area contributed by atoms with Crippen LogP contribution in [-0.4, -0.2) is 13.1 Å². The fraction of sp³-hybridized carbons (Fsp3) is 0.357. The Morgan fingerprint density at radius 1 is 1.47 bits per heavy atom. The smallest absolute Gasteiger partial charge is 0.305 e. The maximum absolute atomic E-state index is 9.96. The van der Waals surface area contributed by atoms with Crippen LogP contribution in [0.15, 0.2) is 24.8 Å². The van der Waals surface area contributed by atoms with E-state index >= 15 is 0 Å². The summed E-state index contributed by atoms with van der Waals surface area (Å²) < 4.78 is 4.26. The third-order valence-corrected chi connectivity index (χ3v) is 2.33. The second kappa shape index (κ2) is 8.39. The number of anilines is 1. The first-order valence-corrected chi connectivity index (χ1v) is 5.67. The van der Waals surface area contributed by atoms with Crippen LogP contribution < -0.4 is 5.73 Å². The molecule has 0 saturated heterocycles. The first kappa shape index (κ1) is 15.2. The molecule has 2 N–H and O–H groups in total. The number of methoxy groups -OCH3 is 1. The minimum absolute atomic E-state index is 0.157. The average molecular weight is 235 g/mol. The number of carbonyl (C=O) groups is 1. The highest BCUT2D eigenvalue weighted by Crippen LogP contribution is 2.18. The van der Waals surface area contributed by atoms with Gasteiger partial charge in [-0.05, 0) is 23.6 Å². The van der Waals surface area contributed by atoms with Crippen LogP contribution in [0.25, 0.3) is 6.08 Å². The van der Waals surface area contributed by atoms with Gasteiger partial charge in [0, 0.05) is 12.1 Å². The highest BCUT2D eigenvalue weighted by molar-refractivity contribution is 5.68. The van der Waals surface area contributed by atoms with Gasteiger partial charge in [0.15, 0.2) is 0 Å². The van der Waals surface area contributed by atoms with Crippen molar-refractivity contribution in [3.05, 3.63) is 35.9 Å². The highest BCUT2D eigenvalue weighted by Gasteiger charge is 1.98. The number of esters is 1. The number of nitrogen functional groups attached to an aromatic ring is 1. The Balaban J connectivity index is 0.000000366. The normalized spacial score (nSPS) is 8.88. The number of carbonyl (C=O) groups excluding carboxylic acids is 1. The fourth-order valence-electron chi connectivity index (χ4n) is 1.33. The highest BCUT2D eigenvalue weighted by atomic mass is 16.5. The molecular weight excluding hydrogens is 214 g/mol. The summed E-state index contributed by atoms with van der Waals surface area (Å²) >= 11 is 0. The molecule has 0 aromatic heterocycles. The molecule has 0 radical (unpaired) electrons. The summed E-state index contributed by atoms with van der Waals surface area (Å²) in [4.78, 5) is 9.96. The fourth-order valence-corrected chi connectivity index (χ4v) is 1.33. The summed E-state index contributed by atoms with van der Waals surface area (Å²) in [5.74, 6) is -0.157. The van der Waals surface area contributed by atoms with Crippen LogP contribution in [0.5, 0.6) is 0 Å². The first-order valence-electron chi connectivity index (χ1n) is 5.67. The van der Waals surface area contributed by atoms with E-state index in [0.29, 0.717) is 6.42 Å². The van der Waals surface area contributed by atoms with Gasteiger partial charge in [0.2, 0.25) is 0 Å². The summed E-state index contributed by atoms with van der Waals surface area (Å²) in [6.07, 6.45) is 3.29. The molecule has 0 fully saturated rings. The summed E-state index contributed by atoms with van der Waals surface area (Å²) in [7, 11) is 1.38. The molecule has 17 heavy (non-hydrogen) atoms. The number of ether oxygens (including phenoxy) is 1. The van der Waals surface area contributed by atoms with Crippen molar-refractivity contribution in [2.75, 3.05) is 12.8 Å². The SMILES string of the molecule is C=Cc1c(N)cccc1CC.CCC(=O)OC. The maximum Gasteiger partial charge on any atom is 0.305 e. The summed E-state index contributed by atoms with van der Waals surface area (Å²) in [5.41, 5.74) is 8.90. The van der Waals surface area contributed by atoms with Crippen LogP contribution in [0, 0.1) is 0 Å². The van der Waals surface area contributed by atoms with Crippen molar-refractivity contribution in [2.24, 2.45) is 0 Å². The van der Waals surface area contributed by atoms with E-state index in [1.54, 1.807) is 6.92 Å². The van der Waals surface area contributed by atoms with Crippen LogP contribution in [0.1, 0.15) is 31.4 Å². The lowest BCUT2D eigenvalue weighted by molar-refractivity contribution is -0.140. The van der Waals surface area contributed by atoms with Crippen LogP contribution in [-0.2, 0) is 16.0 Å². The molecule has 1 aromatic carbocycles. The van der Waals surface area contributed by atoms with Gasteiger partial charge in [-0.15, -0.1) is 0 Å². The minimum atomic E-state index is -0.157. The van der Waals surface area contributed by atoms with E-state index in [2.05, 4.69) is 24.3 Å². The molecule has 1 aromatic rings. The summed E-state index contributed by atoms with van der Waals surface area (Å²) in [6, 6.07) is 5.95. The Hall–Kier alpha value is -1.77. The lowest BCUT2D eigenvalue weighted by Crippen LogP contribution is -1.94. The van der Waals surface area contributed by atoms with Crippen molar-refractivity contribution in [2.45, 2.75) is 26.7 Å². The maximum atomic E-state index is 9.96. The van der Waals surface area contributed by atoms with Gasteiger partial charge in [0.25, 0.3) is 0 Å². The molecule has 0 atom stereocenters. The molecule has 0 bridgehead atoms. The molecule has 0 aliphatic carbocycles. The van der Waals surface area contributed by atoms with Gasteiger partial charge in [-0.3, -0.25) is 4.79 Å². The van der Waals surface area contributed by atoms with Crippen molar-refractivity contribution in [1.82, 2.24) is 0 Å². The van der Waals surface area contributed by atoms with Gasteiger partial charge < -0.3 is 10.5 Å². The van der Waals surface area contributed by atoms with E-state index in [0.717, 1.165) is 17.7 Å². The summed E-state index contributed by atoms with van der Waals surface area (Å²) in [6.45, 7) is 7.59.